The van der Waals surface area contributed by atoms with Gasteiger partial charge in [0.2, 0.25) is 11.4 Å². The topological polar surface area (TPSA) is 55.9 Å². The van der Waals surface area contributed by atoms with Crippen molar-refractivity contribution in [2.75, 3.05) is 0 Å². The third-order valence-corrected chi connectivity index (χ3v) is 4.30. The second kappa shape index (κ2) is 3.80. The highest BCUT2D eigenvalue weighted by Gasteiger charge is 2.84. The summed E-state index contributed by atoms with van der Waals surface area (Å²) in [6.07, 6.45) is 0. The van der Waals surface area contributed by atoms with Gasteiger partial charge < -0.3 is 9.47 Å². The van der Waals surface area contributed by atoms with Crippen LogP contribution in [0.4, 0.5) is 0 Å². The van der Waals surface area contributed by atoms with Crippen LogP contribution in [0.25, 0.3) is 0 Å². The summed E-state index contributed by atoms with van der Waals surface area (Å²) in [7, 11) is 0. The van der Waals surface area contributed by atoms with Gasteiger partial charge in [-0.2, -0.15) is 0 Å². The Balaban J connectivity index is 1.99. The van der Waals surface area contributed by atoms with Crippen molar-refractivity contribution < 1.29 is 19.1 Å². The first-order valence-electron chi connectivity index (χ1n) is 6.69. The van der Waals surface area contributed by atoms with E-state index in [0.29, 0.717) is 17.6 Å². The molecule has 0 spiro atoms. The fraction of sp³-hybridized carbons (Fsp3) is 0.176. The maximum Gasteiger partial charge on any atom is 0.296 e. The molecule has 2 aromatic rings. The normalized spacial score (nSPS) is 28.7. The molecule has 1 aliphatic heterocycles. The number of hydrogen-bond donors (Lipinski definition) is 0. The van der Waals surface area contributed by atoms with Crippen molar-refractivity contribution in [3.63, 3.8) is 0 Å². The smallest absolute Gasteiger partial charge is 0.296 e. The summed E-state index contributed by atoms with van der Waals surface area (Å²) in [5, 5.41) is 0. The highest BCUT2D eigenvalue weighted by molar-refractivity contribution is 6.11. The SMILES string of the molecule is Cc1ccccc1C12OC1(OC=O)c1ccccc1C2=O. The third-order valence-electron chi connectivity index (χ3n) is 4.30. The average molecular weight is 280 g/mol. The minimum atomic E-state index is -1.31. The molecule has 0 saturated carbocycles. The molecule has 0 bridgehead atoms. The standard InChI is InChI=1S/C17H12O4/c1-11-6-2-4-8-13(11)16-15(19)12-7-3-5-9-14(12)17(16,21-16)20-10-18/h2-10H,1H3. The lowest BCUT2D eigenvalue weighted by Crippen LogP contribution is -2.26. The Morgan fingerprint density at radius 2 is 1.71 bits per heavy atom. The van der Waals surface area contributed by atoms with E-state index in [1.54, 1.807) is 24.3 Å². The van der Waals surface area contributed by atoms with Gasteiger partial charge in [0.15, 0.2) is 0 Å². The molecule has 2 aromatic carbocycles. The maximum absolute atomic E-state index is 12.9. The molecule has 0 radical (unpaired) electrons. The molecule has 4 heteroatoms. The molecule has 0 aromatic heterocycles. The van der Waals surface area contributed by atoms with Crippen LogP contribution in [-0.2, 0) is 25.7 Å². The molecule has 104 valence electrons. The number of epoxide rings is 1. The van der Waals surface area contributed by atoms with E-state index in [1.807, 2.05) is 31.2 Å². The van der Waals surface area contributed by atoms with Gasteiger partial charge in [0.25, 0.3) is 12.3 Å². The van der Waals surface area contributed by atoms with E-state index in [0.717, 1.165) is 11.1 Å². The van der Waals surface area contributed by atoms with Gasteiger partial charge in [-0.1, -0.05) is 48.5 Å². The Bertz CT molecular complexity index is 782. The molecule has 1 fully saturated rings. The van der Waals surface area contributed by atoms with Crippen molar-refractivity contribution in [1.82, 2.24) is 0 Å². The molecule has 1 aliphatic carbocycles. The monoisotopic (exact) mass is 280 g/mol. The number of ether oxygens (including phenoxy) is 2. The molecule has 4 nitrogen and oxygen atoms in total. The summed E-state index contributed by atoms with van der Waals surface area (Å²) in [6, 6.07) is 14.6. The average Bonchev–Trinajstić information content (AvgIpc) is 3.13. The number of rotatable bonds is 3. The van der Waals surface area contributed by atoms with E-state index in [1.165, 1.54) is 0 Å². The quantitative estimate of drug-likeness (QED) is 0.640. The summed E-state index contributed by atoms with van der Waals surface area (Å²) < 4.78 is 11.0. The van der Waals surface area contributed by atoms with E-state index in [4.69, 9.17) is 9.47 Å². The van der Waals surface area contributed by atoms with Crippen LogP contribution < -0.4 is 0 Å². The van der Waals surface area contributed by atoms with E-state index in [-0.39, 0.29) is 5.78 Å². The molecule has 1 saturated heterocycles. The van der Waals surface area contributed by atoms with Crippen LogP contribution in [0.3, 0.4) is 0 Å². The van der Waals surface area contributed by atoms with E-state index >= 15 is 0 Å². The van der Waals surface area contributed by atoms with Crippen LogP contribution in [0.2, 0.25) is 0 Å². The van der Waals surface area contributed by atoms with Crippen molar-refractivity contribution in [3.05, 3.63) is 70.8 Å². The van der Waals surface area contributed by atoms with Crippen molar-refractivity contribution in [1.29, 1.82) is 0 Å². The summed E-state index contributed by atoms with van der Waals surface area (Å²) >= 11 is 0. The third kappa shape index (κ3) is 1.24. The minimum Gasteiger partial charge on any atom is -0.426 e. The molecule has 1 heterocycles. The first kappa shape index (κ1) is 12.3. The van der Waals surface area contributed by atoms with Gasteiger partial charge in [0.05, 0.1) is 0 Å². The molecular weight excluding hydrogens is 268 g/mol. The highest BCUT2D eigenvalue weighted by atomic mass is 16.8. The molecule has 2 atom stereocenters. The van der Waals surface area contributed by atoms with Crippen molar-refractivity contribution >= 4 is 12.3 Å². The fourth-order valence-electron chi connectivity index (χ4n) is 3.35. The molecule has 0 amide bonds. The van der Waals surface area contributed by atoms with Crippen LogP contribution in [0.1, 0.15) is 27.0 Å². The lowest BCUT2D eigenvalue weighted by atomic mass is 9.89. The fourth-order valence-corrected chi connectivity index (χ4v) is 3.35. The van der Waals surface area contributed by atoms with Gasteiger partial charge >= 0.3 is 0 Å². The number of carbonyl (C=O) groups excluding carboxylic acids is 2. The Labute approximate surface area is 121 Å². The van der Waals surface area contributed by atoms with E-state index in [2.05, 4.69) is 0 Å². The molecule has 2 unspecified atom stereocenters. The summed E-state index contributed by atoms with van der Waals surface area (Å²) in [4.78, 5) is 23.8. The van der Waals surface area contributed by atoms with Gasteiger partial charge in [-0.25, -0.2) is 0 Å². The van der Waals surface area contributed by atoms with Gasteiger partial charge in [0, 0.05) is 16.7 Å². The van der Waals surface area contributed by atoms with Crippen LogP contribution in [0.5, 0.6) is 0 Å². The zero-order chi connectivity index (χ0) is 14.7. The molecule has 4 rings (SSSR count). The zero-order valence-electron chi connectivity index (χ0n) is 11.3. The van der Waals surface area contributed by atoms with Crippen molar-refractivity contribution in [2.45, 2.75) is 18.3 Å². The lowest BCUT2D eigenvalue weighted by molar-refractivity contribution is -0.143. The summed E-state index contributed by atoms with van der Waals surface area (Å²) in [5.74, 6) is -1.47. The van der Waals surface area contributed by atoms with Gasteiger partial charge in [-0.05, 0) is 12.5 Å². The van der Waals surface area contributed by atoms with Gasteiger partial charge in [0.1, 0.15) is 0 Å². The molecule has 0 N–H and O–H groups in total. The van der Waals surface area contributed by atoms with E-state index in [9.17, 15) is 9.59 Å². The van der Waals surface area contributed by atoms with Crippen LogP contribution >= 0.6 is 0 Å². The second-order valence-electron chi connectivity index (χ2n) is 5.30. The lowest BCUT2D eigenvalue weighted by Gasteiger charge is -2.12. The highest BCUT2D eigenvalue weighted by Crippen LogP contribution is 2.69. The molecular formula is C17H12O4. The first-order chi connectivity index (χ1) is 10.2. The summed E-state index contributed by atoms with van der Waals surface area (Å²) in [5.41, 5.74) is 1.60. The van der Waals surface area contributed by atoms with Gasteiger partial charge in [-0.3, -0.25) is 9.59 Å². The van der Waals surface area contributed by atoms with Crippen LogP contribution in [0.15, 0.2) is 48.5 Å². The Hall–Kier alpha value is -2.46. The number of hydrogen-bond acceptors (Lipinski definition) is 4. The number of aryl methyl sites for hydroxylation is 1. The van der Waals surface area contributed by atoms with Gasteiger partial charge in [-0.15, -0.1) is 0 Å². The number of benzene rings is 2. The largest absolute Gasteiger partial charge is 0.426 e. The number of fused-ring (bicyclic) bond motifs is 3. The van der Waals surface area contributed by atoms with Crippen LogP contribution in [0, 0.1) is 6.92 Å². The first-order valence-corrected chi connectivity index (χ1v) is 6.69. The van der Waals surface area contributed by atoms with Crippen LogP contribution in [-0.4, -0.2) is 12.3 Å². The van der Waals surface area contributed by atoms with E-state index < -0.39 is 11.4 Å². The Morgan fingerprint density at radius 1 is 1.05 bits per heavy atom. The minimum absolute atomic E-state index is 0.158. The zero-order valence-corrected chi connectivity index (χ0v) is 11.3. The molecule has 2 aliphatic rings. The summed E-state index contributed by atoms with van der Waals surface area (Å²) in [6.45, 7) is 2.25. The Kier molecular flexibility index (Phi) is 2.22. The number of ketones is 1. The maximum atomic E-state index is 12.9. The second-order valence-corrected chi connectivity index (χ2v) is 5.30. The predicted octanol–water partition coefficient (Wildman–Crippen LogP) is 2.44. The molecule has 21 heavy (non-hydrogen) atoms. The van der Waals surface area contributed by atoms with Crippen molar-refractivity contribution in [3.8, 4) is 0 Å². The number of carbonyl (C=O) groups is 2. The Morgan fingerprint density at radius 3 is 2.43 bits per heavy atom. The predicted molar refractivity (Wildman–Crippen MR) is 73.5 cm³/mol. The number of Topliss-reactive ketones (excluding diaryl/α,β-unsaturated/α-hetero) is 1. The van der Waals surface area contributed by atoms with Crippen molar-refractivity contribution in [2.24, 2.45) is 0 Å².